The van der Waals surface area contributed by atoms with Gasteiger partial charge in [-0.3, -0.25) is 4.79 Å². The van der Waals surface area contributed by atoms with E-state index in [1.54, 1.807) is 0 Å². The van der Waals surface area contributed by atoms with Gasteiger partial charge >= 0.3 is 5.97 Å². The molecule has 17 heavy (non-hydrogen) atoms. The maximum Gasteiger partial charge on any atom is 0.323 e. The first-order valence-corrected chi connectivity index (χ1v) is 6.28. The van der Waals surface area contributed by atoms with Crippen molar-refractivity contribution in [2.75, 3.05) is 13.2 Å². The van der Waals surface area contributed by atoms with Crippen molar-refractivity contribution in [2.24, 2.45) is 0 Å². The van der Waals surface area contributed by atoms with E-state index in [1.807, 2.05) is 25.1 Å². The van der Waals surface area contributed by atoms with Crippen molar-refractivity contribution in [3.05, 3.63) is 35.9 Å². The van der Waals surface area contributed by atoms with Gasteiger partial charge in [0.2, 0.25) is 0 Å². The fourth-order valence-electron chi connectivity index (χ4n) is 2.43. The summed E-state index contributed by atoms with van der Waals surface area (Å²) in [5, 5.41) is 3.28. The number of rotatable bonds is 3. The van der Waals surface area contributed by atoms with E-state index in [9.17, 15) is 4.79 Å². The predicted molar refractivity (Wildman–Crippen MR) is 66.8 cm³/mol. The quantitative estimate of drug-likeness (QED) is 0.812. The molecule has 3 nitrogen and oxygen atoms in total. The summed E-state index contributed by atoms with van der Waals surface area (Å²) in [5.74, 6) is 0.116. The van der Waals surface area contributed by atoms with Crippen LogP contribution in [-0.2, 0) is 9.53 Å². The molecule has 1 saturated heterocycles. The highest BCUT2D eigenvalue weighted by molar-refractivity contribution is 5.77. The summed E-state index contributed by atoms with van der Waals surface area (Å²) < 4.78 is 5.13. The number of ether oxygens (including phenoxy) is 1. The third-order valence-corrected chi connectivity index (χ3v) is 3.23. The molecule has 1 aliphatic rings. The third kappa shape index (κ3) is 2.86. The maximum absolute atomic E-state index is 11.9. The molecule has 0 bridgehead atoms. The van der Waals surface area contributed by atoms with Gasteiger partial charge in [0.05, 0.1) is 6.61 Å². The topological polar surface area (TPSA) is 38.3 Å². The van der Waals surface area contributed by atoms with Crippen molar-refractivity contribution in [3.63, 3.8) is 0 Å². The van der Waals surface area contributed by atoms with Crippen LogP contribution in [0.4, 0.5) is 0 Å². The number of piperidine rings is 1. The lowest BCUT2D eigenvalue weighted by atomic mass is 9.85. The van der Waals surface area contributed by atoms with Gasteiger partial charge < -0.3 is 10.1 Å². The fourth-order valence-corrected chi connectivity index (χ4v) is 2.43. The standard InChI is InChI=1S/C14H19NO2/c1-2-17-14(16)13-12(9-6-10-15-13)11-7-4-3-5-8-11/h3-5,7-8,12-13,15H,2,6,9-10H2,1H3. The van der Waals surface area contributed by atoms with Crippen molar-refractivity contribution in [1.29, 1.82) is 0 Å². The van der Waals surface area contributed by atoms with E-state index in [0.717, 1.165) is 19.4 Å². The average molecular weight is 233 g/mol. The van der Waals surface area contributed by atoms with Gasteiger partial charge in [-0.15, -0.1) is 0 Å². The second-order valence-electron chi connectivity index (χ2n) is 4.34. The summed E-state index contributed by atoms with van der Waals surface area (Å²) in [6.45, 7) is 3.18. The first kappa shape index (κ1) is 12.1. The Morgan fingerprint density at radius 3 is 2.88 bits per heavy atom. The molecule has 3 heteroatoms. The van der Waals surface area contributed by atoms with E-state index in [4.69, 9.17) is 4.74 Å². The number of carbonyl (C=O) groups excluding carboxylic acids is 1. The number of hydrogen-bond donors (Lipinski definition) is 1. The van der Waals surface area contributed by atoms with Crippen molar-refractivity contribution in [1.82, 2.24) is 5.32 Å². The van der Waals surface area contributed by atoms with Crippen molar-refractivity contribution >= 4 is 5.97 Å². The van der Waals surface area contributed by atoms with Crippen LogP contribution in [0, 0.1) is 0 Å². The van der Waals surface area contributed by atoms with Crippen LogP contribution >= 0.6 is 0 Å². The summed E-state index contributed by atoms with van der Waals surface area (Å²) in [4.78, 5) is 11.9. The first-order valence-electron chi connectivity index (χ1n) is 6.28. The molecule has 1 aromatic rings. The van der Waals surface area contributed by atoms with Gasteiger partial charge in [0.15, 0.2) is 0 Å². The van der Waals surface area contributed by atoms with E-state index >= 15 is 0 Å². The number of carbonyl (C=O) groups is 1. The molecule has 2 unspecified atom stereocenters. The summed E-state index contributed by atoms with van der Waals surface area (Å²) >= 11 is 0. The molecule has 1 heterocycles. The van der Waals surface area contributed by atoms with Crippen LogP contribution in [0.5, 0.6) is 0 Å². The lowest BCUT2D eigenvalue weighted by Gasteiger charge is -2.31. The lowest BCUT2D eigenvalue weighted by molar-refractivity contribution is -0.146. The van der Waals surface area contributed by atoms with Crippen molar-refractivity contribution < 1.29 is 9.53 Å². The minimum absolute atomic E-state index is 0.124. The highest BCUT2D eigenvalue weighted by Crippen LogP contribution is 2.28. The van der Waals surface area contributed by atoms with Gasteiger partial charge in [-0.25, -0.2) is 0 Å². The Kier molecular flexibility index (Phi) is 4.15. The van der Waals surface area contributed by atoms with Gasteiger partial charge in [0, 0.05) is 5.92 Å². The van der Waals surface area contributed by atoms with Crippen LogP contribution in [0.1, 0.15) is 31.2 Å². The lowest BCUT2D eigenvalue weighted by Crippen LogP contribution is -2.46. The van der Waals surface area contributed by atoms with Crippen LogP contribution in [0.3, 0.4) is 0 Å². The van der Waals surface area contributed by atoms with Crippen LogP contribution < -0.4 is 5.32 Å². The molecule has 0 radical (unpaired) electrons. The minimum atomic E-state index is -0.189. The largest absolute Gasteiger partial charge is 0.465 e. The Labute approximate surface area is 102 Å². The van der Waals surface area contributed by atoms with E-state index in [0.29, 0.717) is 6.61 Å². The molecule has 92 valence electrons. The molecular weight excluding hydrogens is 214 g/mol. The zero-order chi connectivity index (χ0) is 12.1. The van der Waals surface area contributed by atoms with Crippen LogP contribution in [-0.4, -0.2) is 25.2 Å². The van der Waals surface area contributed by atoms with Gasteiger partial charge in [0.1, 0.15) is 6.04 Å². The van der Waals surface area contributed by atoms with E-state index in [2.05, 4.69) is 17.4 Å². The molecule has 0 amide bonds. The molecule has 2 atom stereocenters. The highest BCUT2D eigenvalue weighted by Gasteiger charge is 2.32. The Hall–Kier alpha value is -1.35. The fraction of sp³-hybridized carbons (Fsp3) is 0.500. The molecule has 1 aliphatic heterocycles. The zero-order valence-electron chi connectivity index (χ0n) is 10.2. The second kappa shape index (κ2) is 5.82. The van der Waals surface area contributed by atoms with Crippen molar-refractivity contribution in [2.45, 2.75) is 31.7 Å². The SMILES string of the molecule is CCOC(=O)C1NCCCC1c1ccccc1. The summed E-state index contributed by atoms with van der Waals surface area (Å²) in [6.07, 6.45) is 2.15. The Morgan fingerprint density at radius 1 is 1.41 bits per heavy atom. The molecule has 1 aromatic carbocycles. The maximum atomic E-state index is 11.9. The van der Waals surface area contributed by atoms with Crippen LogP contribution in [0.25, 0.3) is 0 Å². The van der Waals surface area contributed by atoms with E-state index in [-0.39, 0.29) is 17.9 Å². The van der Waals surface area contributed by atoms with E-state index < -0.39 is 0 Å². The minimum Gasteiger partial charge on any atom is -0.465 e. The number of esters is 1. The smallest absolute Gasteiger partial charge is 0.323 e. The summed E-state index contributed by atoms with van der Waals surface area (Å²) in [6, 6.07) is 10.0. The number of hydrogen-bond acceptors (Lipinski definition) is 3. The highest BCUT2D eigenvalue weighted by atomic mass is 16.5. The molecule has 2 rings (SSSR count). The second-order valence-corrected chi connectivity index (χ2v) is 4.34. The molecule has 0 spiro atoms. The normalized spacial score (nSPS) is 24.3. The number of benzene rings is 1. The molecular formula is C14H19NO2. The third-order valence-electron chi connectivity index (χ3n) is 3.23. The Bertz CT molecular complexity index is 364. The first-order chi connectivity index (χ1) is 8.33. The van der Waals surface area contributed by atoms with Crippen LogP contribution in [0.2, 0.25) is 0 Å². The zero-order valence-corrected chi connectivity index (χ0v) is 10.2. The molecule has 1 fully saturated rings. The molecule has 0 aromatic heterocycles. The Balaban J connectivity index is 2.15. The van der Waals surface area contributed by atoms with Gasteiger partial charge in [-0.05, 0) is 31.9 Å². The van der Waals surface area contributed by atoms with Crippen LogP contribution in [0.15, 0.2) is 30.3 Å². The average Bonchev–Trinajstić information content (AvgIpc) is 2.40. The molecule has 1 N–H and O–H groups in total. The Morgan fingerprint density at radius 2 is 2.18 bits per heavy atom. The number of nitrogens with one attached hydrogen (secondary N) is 1. The summed E-state index contributed by atoms with van der Waals surface area (Å²) in [5.41, 5.74) is 1.22. The predicted octanol–water partition coefficient (Wildman–Crippen LogP) is 2.09. The molecule has 0 aliphatic carbocycles. The summed E-state index contributed by atoms with van der Waals surface area (Å²) in [7, 11) is 0. The van der Waals surface area contributed by atoms with Gasteiger partial charge in [-0.1, -0.05) is 30.3 Å². The monoisotopic (exact) mass is 233 g/mol. The van der Waals surface area contributed by atoms with E-state index in [1.165, 1.54) is 5.56 Å². The molecule has 0 saturated carbocycles. The van der Waals surface area contributed by atoms with Gasteiger partial charge in [-0.2, -0.15) is 0 Å². The van der Waals surface area contributed by atoms with Gasteiger partial charge in [0.25, 0.3) is 0 Å². The van der Waals surface area contributed by atoms with Crippen molar-refractivity contribution in [3.8, 4) is 0 Å².